The Labute approximate surface area is 127 Å². The van der Waals surface area contributed by atoms with Crippen LogP contribution in [0.15, 0.2) is 23.1 Å². The fourth-order valence-corrected chi connectivity index (χ4v) is 4.51. The number of rotatable bonds is 5. The van der Waals surface area contributed by atoms with Gasteiger partial charge in [0.1, 0.15) is 0 Å². The van der Waals surface area contributed by atoms with Gasteiger partial charge in [-0.1, -0.05) is 12.1 Å². The summed E-state index contributed by atoms with van der Waals surface area (Å²) >= 11 is 0. The van der Waals surface area contributed by atoms with Gasteiger partial charge in [0.2, 0.25) is 10.0 Å². The zero-order valence-corrected chi connectivity index (χ0v) is 13.5. The van der Waals surface area contributed by atoms with Crippen LogP contribution in [0.2, 0.25) is 0 Å². The first kappa shape index (κ1) is 16.4. The molecule has 0 atom stereocenters. The minimum atomic E-state index is -3.44. The highest BCUT2D eigenvalue weighted by atomic mass is 32.2. The third-order valence-electron chi connectivity index (χ3n) is 4.04. The van der Waals surface area contributed by atoms with Crippen molar-refractivity contribution in [1.82, 2.24) is 4.31 Å². The van der Waals surface area contributed by atoms with Gasteiger partial charge in [0.05, 0.1) is 11.0 Å². The number of benzene rings is 1. The lowest BCUT2D eigenvalue weighted by Crippen LogP contribution is -2.41. The molecule has 2 rings (SSSR count). The maximum absolute atomic E-state index is 12.8. The number of ether oxygens (including phenoxy) is 1. The lowest BCUT2D eigenvalue weighted by Gasteiger charge is -2.31. The van der Waals surface area contributed by atoms with Gasteiger partial charge in [0.15, 0.2) is 0 Å². The van der Waals surface area contributed by atoms with Crippen molar-refractivity contribution in [2.45, 2.75) is 44.2 Å². The van der Waals surface area contributed by atoms with E-state index < -0.39 is 10.0 Å². The minimum absolute atomic E-state index is 0.179. The monoisotopic (exact) mass is 312 g/mol. The largest absolute Gasteiger partial charge is 0.378 e. The number of nitrogens with two attached hydrogens (primary N) is 1. The Bertz CT molecular complexity index is 579. The van der Waals surface area contributed by atoms with Crippen molar-refractivity contribution in [3.8, 4) is 0 Å². The van der Waals surface area contributed by atoms with Gasteiger partial charge in [-0.3, -0.25) is 0 Å². The van der Waals surface area contributed by atoms with E-state index in [1.165, 1.54) is 0 Å². The van der Waals surface area contributed by atoms with Crippen LogP contribution in [0.25, 0.3) is 0 Å². The lowest BCUT2D eigenvalue weighted by molar-refractivity contribution is 0.0290. The summed E-state index contributed by atoms with van der Waals surface area (Å²) in [5, 5.41) is 0. The van der Waals surface area contributed by atoms with E-state index in [9.17, 15) is 8.42 Å². The molecule has 1 aliphatic rings. The molecule has 0 radical (unpaired) electrons. The first-order valence-electron chi connectivity index (χ1n) is 7.41. The summed E-state index contributed by atoms with van der Waals surface area (Å²) in [5.41, 5.74) is 7.30. The van der Waals surface area contributed by atoms with E-state index in [0.717, 1.165) is 24.0 Å². The van der Waals surface area contributed by atoms with E-state index in [1.807, 2.05) is 19.9 Å². The Balaban J connectivity index is 2.20. The molecule has 0 aliphatic carbocycles. The molecule has 0 spiro atoms. The van der Waals surface area contributed by atoms with E-state index in [4.69, 9.17) is 10.5 Å². The van der Waals surface area contributed by atoms with Gasteiger partial charge in [-0.05, 0) is 43.9 Å². The van der Waals surface area contributed by atoms with Crippen LogP contribution in [0.3, 0.4) is 0 Å². The maximum Gasteiger partial charge on any atom is 0.243 e. The summed E-state index contributed by atoms with van der Waals surface area (Å²) in [4.78, 5) is 0.375. The van der Waals surface area contributed by atoms with Crippen molar-refractivity contribution in [2.24, 2.45) is 5.73 Å². The highest BCUT2D eigenvalue weighted by Crippen LogP contribution is 2.25. The summed E-state index contributed by atoms with van der Waals surface area (Å²) < 4.78 is 32.7. The Kier molecular flexibility index (Phi) is 5.37. The molecule has 2 N–H and O–H groups in total. The zero-order chi connectivity index (χ0) is 15.5. The Hall–Kier alpha value is -0.950. The predicted molar refractivity (Wildman–Crippen MR) is 82.5 cm³/mol. The fraction of sp³-hybridized carbons (Fsp3) is 0.600. The Morgan fingerprint density at radius 2 is 2.00 bits per heavy atom. The van der Waals surface area contributed by atoms with Crippen molar-refractivity contribution in [1.29, 1.82) is 0 Å². The number of hydrogen-bond donors (Lipinski definition) is 1. The average Bonchev–Trinajstić information content (AvgIpc) is 2.48. The molecule has 0 bridgehead atoms. The van der Waals surface area contributed by atoms with E-state index >= 15 is 0 Å². The molecule has 6 heteroatoms. The molecule has 1 aliphatic heterocycles. The number of nitrogens with zero attached hydrogens (tertiary/aromatic N) is 1. The summed E-state index contributed by atoms with van der Waals surface area (Å²) in [6, 6.07) is 5.29. The third-order valence-corrected chi connectivity index (χ3v) is 6.08. The molecule has 118 valence electrons. The summed E-state index contributed by atoms with van der Waals surface area (Å²) in [7, 11) is -3.44. The normalized spacial score (nSPS) is 18.0. The van der Waals surface area contributed by atoms with Gasteiger partial charge in [-0.2, -0.15) is 4.31 Å². The van der Waals surface area contributed by atoms with Crippen LogP contribution in [-0.2, 0) is 21.3 Å². The molecular weight excluding hydrogens is 288 g/mol. The molecule has 1 aromatic carbocycles. The highest BCUT2D eigenvalue weighted by Gasteiger charge is 2.30. The fourth-order valence-electron chi connectivity index (χ4n) is 2.77. The number of piperidine rings is 1. The van der Waals surface area contributed by atoms with Crippen LogP contribution >= 0.6 is 0 Å². The molecular formula is C15H24N2O3S. The van der Waals surface area contributed by atoms with Crippen LogP contribution in [0.4, 0.5) is 0 Å². The van der Waals surface area contributed by atoms with Crippen molar-refractivity contribution >= 4 is 10.0 Å². The third kappa shape index (κ3) is 3.45. The second-order valence-corrected chi connectivity index (χ2v) is 7.21. The quantitative estimate of drug-likeness (QED) is 0.897. The first-order valence-corrected chi connectivity index (χ1v) is 8.85. The standard InChI is InChI=1S/C15H24N2O3S/c1-3-20-14-7-9-17(10-8-14)21(18,19)15-6-4-5-13(11-16)12(15)2/h4-6,14H,3,7-11,16H2,1-2H3. The van der Waals surface area contributed by atoms with Crippen molar-refractivity contribution in [2.75, 3.05) is 19.7 Å². The maximum atomic E-state index is 12.8. The van der Waals surface area contributed by atoms with E-state index in [2.05, 4.69) is 0 Å². The molecule has 1 saturated heterocycles. The summed E-state index contributed by atoms with van der Waals surface area (Å²) in [6.07, 6.45) is 1.68. The molecule has 21 heavy (non-hydrogen) atoms. The van der Waals surface area contributed by atoms with Crippen LogP contribution in [-0.4, -0.2) is 38.5 Å². The van der Waals surface area contributed by atoms with Crippen LogP contribution in [0.1, 0.15) is 30.9 Å². The van der Waals surface area contributed by atoms with E-state index in [0.29, 0.717) is 31.1 Å². The second kappa shape index (κ2) is 6.87. The Morgan fingerprint density at radius 1 is 1.33 bits per heavy atom. The lowest BCUT2D eigenvalue weighted by atomic mass is 10.1. The molecule has 5 nitrogen and oxygen atoms in total. The molecule has 1 heterocycles. The van der Waals surface area contributed by atoms with Crippen LogP contribution in [0.5, 0.6) is 0 Å². The average molecular weight is 312 g/mol. The van der Waals surface area contributed by atoms with Gasteiger partial charge in [-0.25, -0.2) is 8.42 Å². The molecule has 1 aromatic rings. The zero-order valence-electron chi connectivity index (χ0n) is 12.7. The van der Waals surface area contributed by atoms with Gasteiger partial charge >= 0.3 is 0 Å². The SMILES string of the molecule is CCOC1CCN(S(=O)(=O)c2cccc(CN)c2C)CC1. The van der Waals surface area contributed by atoms with Gasteiger partial charge < -0.3 is 10.5 Å². The predicted octanol–water partition coefficient (Wildman–Crippen LogP) is 1.64. The molecule has 0 amide bonds. The van der Waals surface area contributed by atoms with Gasteiger partial charge in [0, 0.05) is 26.2 Å². The van der Waals surface area contributed by atoms with Crippen molar-refractivity contribution < 1.29 is 13.2 Å². The van der Waals surface area contributed by atoms with E-state index in [1.54, 1.807) is 16.4 Å². The summed E-state index contributed by atoms with van der Waals surface area (Å²) in [6.45, 7) is 5.84. The Morgan fingerprint density at radius 3 is 2.57 bits per heavy atom. The first-order chi connectivity index (χ1) is 10.0. The molecule has 0 aromatic heterocycles. The van der Waals surface area contributed by atoms with Gasteiger partial charge in [0.25, 0.3) is 0 Å². The topological polar surface area (TPSA) is 72.6 Å². The van der Waals surface area contributed by atoms with Gasteiger partial charge in [-0.15, -0.1) is 0 Å². The van der Waals surface area contributed by atoms with Crippen molar-refractivity contribution in [3.63, 3.8) is 0 Å². The smallest absolute Gasteiger partial charge is 0.243 e. The second-order valence-electron chi connectivity index (χ2n) is 5.30. The summed E-state index contributed by atoms with van der Waals surface area (Å²) in [5.74, 6) is 0. The molecule has 0 saturated carbocycles. The van der Waals surface area contributed by atoms with Crippen molar-refractivity contribution in [3.05, 3.63) is 29.3 Å². The molecule has 0 unspecified atom stereocenters. The minimum Gasteiger partial charge on any atom is -0.378 e. The number of sulfonamides is 1. The molecule has 1 fully saturated rings. The van der Waals surface area contributed by atoms with Crippen LogP contribution < -0.4 is 5.73 Å². The highest BCUT2D eigenvalue weighted by molar-refractivity contribution is 7.89. The van der Waals surface area contributed by atoms with E-state index in [-0.39, 0.29) is 6.10 Å². The van der Waals surface area contributed by atoms with Crippen LogP contribution in [0, 0.1) is 6.92 Å². The number of hydrogen-bond acceptors (Lipinski definition) is 4.